The first-order valence-electron chi connectivity index (χ1n) is 6.35. The average molecular weight is 307 g/mol. The maximum atomic E-state index is 10.7. The molecule has 0 unspecified atom stereocenters. The number of benzene rings is 2. The van der Waals surface area contributed by atoms with Crippen molar-refractivity contribution in [1.29, 1.82) is 0 Å². The number of aryl methyl sites for hydroxylation is 1. The van der Waals surface area contributed by atoms with Crippen LogP contribution in [-0.2, 0) is 17.6 Å². The first-order valence-corrected chi connectivity index (χ1v) is 7.55. The number of hydrogen-bond donors (Lipinski definition) is 1. The summed E-state index contributed by atoms with van der Waals surface area (Å²) in [6, 6.07) is 13.8. The fourth-order valence-electron chi connectivity index (χ4n) is 1.83. The van der Waals surface area contributed by atoms with Gasteiger partial charge in [-0.1, -0.05) is 48.5 Å². The molecule has 2 nitrogen and oxygen atoms in total. The Morgan fingerprint density at radius 1 is 1.15 bits per heavy atom. The second-order valence-electron chi connectivity index (χ2n) is 4.43. The van der Waals surface area contributed by atoms with E-state index >= 15 is 0 Å². The highest BCUT2D eigenvalue weighted by molar-refractivity contribution is 7.99. The van der Waals surface area contributed by atoms with Gasteiger partial charge >= 0.3 is 5.97 Å². The van der Waals surface area contributed by atoms with Crippen molar-refractivity contribution in [2.45, 2.75) is 29.6 Å². The molecule has 0 heterocycles. The average Bonchev–Trinajstić information content (AvgIpc) is 2.42. The smallest absolute Gasteiger partial charge is 0.307 e. The zero-order chi connectivity index (χ0) is 14.5. The van der Waals surface area contributed by atoms with Gasteiger partial charge in [0.25, 0.3) is 0 Å². The highest BCUT2D eigenvalue weighted by Gasteiger charge is 2.06. The van der Waals surface area contributed by atoms with Crippen LogP contribution < -0.4 is 0 Å². The maximum Gasteiger partial charge on any atom is 0.307 e. The van der Waals surface area contributed by atoms with Gasteiger partial charge in [-0.05, 0) is 41.8 Å². The summed E-state index contributed by atoms with van der Waals surface area (Å²) in [6.45, 7) is 2.13. The van der Waals surface area contributed by atoms with Crippen molar-refractivity contribution in [3.05, 3.63) is 58.6 Å². The summed E-state index contributed by atoms with van der Waals surface area (Å²) < 4.78 is 0. The summed E-state index contributed by atoms with van der Waals surface area (Å²) in [4.78, 5) is 12.7. The van der Waals surface area contributed by atoms with E-state index in [2.05, 4.69) is 31.2 Å². The molecule has 0 saturated heterocycles. The van der Waals surface area contributed by atoms with Gasteiger partial charge in [0, 0.05) is 9.79 Å². The van der Waals surface area contributed by atoms with Gasteiger partial charge in [-0.25, -0.2) is 0 Å². The quantitative estimate of drug-likeness (QED) is 0.871. The molecule has 0 amide bonds. The zero-order valence-corrected chi connectivity index (χ0v) is 12.7. The monoisotopic (exact) mass is 306 g/mol. The second kappa shape index (κ2) is 6.82. The van der Waals surface area contributed by atoms with Crippen molar-refractivity contribution in [2.75, 3.05) is 0 Å². The molecule has 0 aromatic heterocycles. The van der Waals surface area contributed by atoms with Crippen LogP contribution in [0.25, 0.3) is 0 Å². The van der Waals surface area contributed by atoms with E-state index in [4.69, 9.17) is 16.7 Å². The van der Waals surface area contributed by atoms with Gasteiger partial charge in [0.15, 0.2) is 0 Å². The molecule has 104 valence electrons. The molecule has 0 aliphatic rings. The van der Waals surface area contributed by atoms with Crippen molar-refractivity contribution in [1.82, 2.24) is 0 Å². The summed E-state index contributed by atoms with van der Waals surface area (Å²) in [5, 5.41) is 9.35. The van der Waals surface area contributed by atoms with E-state index in [1.54, 1.807) is 17.8 Å². The third-order valence-corrected chi connectivity index (χ3v) is 4.42. The summed E-state index contributed by atoms with van der Waals surface area (Å²) >= 11 is 7.79. The van der Waals surface area contributed by atoms with Crippen molar-refractivity contribution in [3.63, 3.8) is 0 Å². The lowest BCUT2D eigenvalue weighted by atomic mass is 10.1. The molecule has 0 fully saturated rings. The number of rotatable bonds is 5. The van der Waals surface area contributed by atoms with Gasteiger partial charge in [0.05, 0.1) is 11.4 Å². The molecule has 1 N–H and O–H groups in total. The van der Waals surface area contributed by atoms with Crippen LogP contribution in [0.4, 0.5) is 0 Å². The van der Waals surface area contributed by atoms with Crippen LogP contribution in [-0.4, -0.2) is 11.1 Å². The normalized spacial score (nSPS) is 10.5. The van der Waals surface area contributed by atoms with Crippen LogP contribution in [0.1, 0.15) is 18.1 Å². The molecule has 0 saturated carbocycles. The molecule has 0 bridgehead atoms. The number of carboxylic acid groups (broad SMARTS) is 1. The third kappa shape index (κ3) is 4.02. The minimum atomic E-state index is -0.850. The van der Waals surface area contributed by atoms with E-state index in [0.29, 0.717) is 10.6 Å². The van der Waals surface area contributed by atoms with Crippen molar-refractivity contribution >= 4 is 29.3 Å². The summed E-state index contributed by atoms with van der Waals surface area (Å²) in [5.41, 5.74) is 2.02. The number of hydrogen-bond acceptors (Lipinski definition) is 2. The van der Waals surface area contributed by atoms with Gasteiger partial charge in [0.1, 0.15) is 0 Å². The highest BCUT2D eigenvalue weighted by Crippen LogP contribution is 2.34. The Bertz CT molecular complexity index is 608. The Morgan fingerprint density at radius 2 is 1.80 bits per heavy atom. The Kier molecular flexibility index (Phi) is 5.10. The van der Waals surface area contributed by atoms with Crippen LogP contribution in [0.3, 0.4) is 0 Å². The lowest BCUT2D eigenvalue weighted by Crippen LogP contribution is -1.99. The summed E-state index contributed by atoms with van der Waals surface area (Å²) in [5.74, 6) is -0.850. The van der Waals surface area contributed by atoms with Crippen molar-refractivity contribution < 1.29 is 9.90 Å². The minimum Gasteiger partial charge on any atom is -0.481 e. The molecule has 0 atom stereocenters. The first kappa shape index (κ1) is 14.9. The lowest BCUT2D eigenvalue weighted by molar-refractivity contribution is -0.136. The Labute approximate surface area is 127 Å². The van der Waals surface area contributed by atoms with Crippen LogP contribution in [0.2, 0.25) is 5.02 Å². The molecule has 0 aliphatic carbocycles. The lowest BCUT2D eigenvalue weighted by Gasteiger charge is -2.07. The largest absolute Gasteiger partial charge is 0.481 e. The topological polar surface area (TPSA) is 37.3 Å². The first-order chi connectivity index (χ1) is 9.58. The third-order valence-electron chi connectivity index (χ3n) is 2.91. The predicted molar refractivity (Wildman–Crippen MR) is 82.7 cm³/mol. The molecule has 2 rings (SSSR count). The molecule has 2 aromatic rings. The molecular weight excluding hydrogens is 292 g/mol. The molecule has 0 spiro atoms. The fourth-order valence-corrected chi connectivity index (χ4v) is 2.97. The molecule has 20 heavy (non-hydrogen) atoms. The summed E-state index contributed by atoms with van der Waals surface area (Å²) in [6.07, 6.45) is 1.02. The zero-order valence-electron chi connectivity index (χ0n) is 11.1. The molecule has 4 heteroatoms. The number of carboxylic acids is 1. The Balaban J connectivity index is 2.14. The van der Waals surface area contributed by atoms with Gasteiger partial charge in [-0.15, -0.1) is 0 Å². The number of aliphatic carboxylic acids is 1. The molecule has 0 radical (unpaired) electrons. The Morgan fingerprint density at radius 3 is 2.35 bits per heavy atom. The van der Waals surface area contributed by atoms with Gasteiger partial charge < -0.3 is 5.11 Å². The van der Waals surface area contributed by atoms with Gasteiger partial charge in [-0.2, -0.15) is 0 Å². The van der Waals surface area contributed by atoms with Crippen LogP contribution in [0, 0.1) is 0 Å². The van der Waals surface area contributed by atoms with E-state index in [-0.39, 0.29) is 6.42 Å². The van der Waals surface area contributed by atoms with E-state index in [0.717, 1.165) is 16.2 Å². The van der Waals surface area contributed by atoms with Crippen molar-refractivity contribution in [2.24, 2.45) is 0 Å². The molecular formula is C16H15ClO2S. The van der Waals surface area contributed by atoms with E-state index in [1.165, 1.54) is 5.56 Å². The van der Waals surface area contributed by atoms with Crippen LogP contribution >= 0.6 is 23.4 Å². The van der Waals surface area contributed by atoms with Crippen LogP contribution in [0.15, 0.2) is 52.3 Å². The number of halogens is 1. The highest BCUT2D eigenvalue weighted by atomic mass is 35.5. The number of carbonyl (C=O) groups is 1. The van der Waals surface area contributed by atoms with Crippen molar-refractivity contribution in [3.8, 4) is 0 Å². The molecule has 2 aromatic carbocycles. The van der Waals surface area contributed by atoms with E-state index < -0.39 is 5.97 Å². The van der Waals surface area contributed by atoms with E-state index in [1.807, 2.05) is 12.1 Å². The van der Waals surface area contributed by atoms with Gasteiger partial charge in [-0.3, -0.25) is 4.79 Å². The fraction of sp³-hybridized carbons (Fsp3) is 0.188. The Hall–Kier alpha value is -1.45. The SMILES string of the molecule is CCc1ccc(Sc2ccc(CC(=O)O)cc2Cl)cc1. The van der Waals surface area contributed by atoms with Crippen LogP contribution in [0.5, 0.6) is 0 Å². The van der Waals surface area contributed by atoms with E-state index in [9.17, 15) is 4.79 Å². The minimum absolute atomic E-state index is 0.00410. The standard InChI is InChI=1S/C16H15ClO2S/c1-2-11-3-6-13(7-4-11)20-15-8-5-12(9-14(15)17)10-16(18)19/h3-9H,2,10H2,1H3,(H,18,19). The molecule has 0 aliphatic heterocycles. The predicted octanol–water partition coefficient (Wildman–Crippen LogP) is 4.68. The summed E-state index contributed by atoms with van der Waals surface area (Å²) in [7, 11) is 0. The maximum absolute atomic E-state index is 10.7. The van der Waals surface area contributed by atoms with Gasteiger partial charge in [0.2, 0.25) is 0 Å². The second-order valence-corrected chi connectivity index (χ2v) is 5.96.